The standard InChI is InChI=1S/C15H11Cl2N3O3S/c1-6(2)14-19-20-15(24-14)18-13(22)11-5-10(21)8-3-7(16)4-9(17)12(8)23-11/h3-6H,1-2H3,(H,18,20,22). The van der Waals surface area contributed by atoms with Crippen LogP contribution in [0.1, 0.15) is 35.3 Å². The van der Waals surface area contributed by atoms with Gasteiger partial charge < -0.3 is 4.42 Å². The number of carbonyl (C=O) groups excluding carboxylic acids is 1. The van der Waals surface area contributed by atoms with Gasteiger partial charge in [-0.15, -0.1) is 10.2 Å². The Bertz CT molecular complexity index is 997. The summed E-state index contributed by atoms with van der Waals surface area (Å²) in [7, 11) is 0. The first-order valence-corrected chi connectivity index (χ1v) is 8.50. The van der Waals surface area contributed by atoms with E-state index < -0.39 is 11.3 Å². The molecule has 0 aliphatic rings. The Kier molecular flexibility index (Phi) is 4.58. The Morgan fingerprint density at radius 2 is 2.00 bits per heavy atom. The fourth-order valence-corrected chi connectivity index (χ4v) is 3.25. The van der Waals surface area contributed by atoms with Crippen LogP contribution in [0.5, 0.6) is 0 Å². The van der Waals surface area contributed by atoms with Crippen LogP contribution in [0.2, 0.25) is 10.0 Å². The molecule has 0 bridgehead atoms. The van der Waals surface area contributed by atoms with Crippen LogP contribution in [-0.4, -0.2) is 16.1 Å². The number of benzene rings is 1. The Morgan fingerprint density at radius 1 is 1.25 bits per heavy atom. The number of rotatable bonds is 3. The van der Waals surface area contributed by atoms with Gasteiger partial charge in [-0.25, -0.2) is 0 Å². The van der Waals surface area contributed by atoms with Gasteiger partial charge in [-0.05, 0) is 12.1 Å². The summed E-state index contributed by atoms with van der Waals surface area (Å²) in [6.45, 7) is 3.95. The Labute approximate surface area is 150 Å². The van der Waals surface area contributed by atoms with Gasteiger partial charge in [0.25, 0.3) is 5.91 Å². The molecule has 0 aliphatic carbocycles. The van der Waals surface area contributed by atoms with Crippen LogP contribution in [0, 0.1) is 0 Å². The van der Waals surface area contributed by atoms with E-state index in [1.165, 1.54) is 23.5 Å². The lowest BCUT2D eigenvalue weighted by Crippen LogP contribution is -2.15. The minimum Gasteiger partial charge on any atom is -0.449 e. The molecule has 0 spiro atoms. The highest BCUT2D eigenvalue weighted by molar-refractivity contribution is 7.15. The molecule has 0 saturated heterocycles. The fraction of sp³-hybridized carbons (Fsp3) is 0.200. The zero-order valence-electron chi connectivity index (χ0n) is 12.6. The maximum absolute atomic E-state index is 12.3. The molecule has 0 saturated carbocycles. The predicted octanol–water partition coefficient (Wildman–Crippen LogP) is 4.33. The summed E-state index contributed by atoms with van der Waals surface area (Å²) in [5, 5.41) is 12.2. The van der Waals surface area contributed by atoms with Crippen LogP contribution in [-0.2, 0) is 0 Å². The van der Waals surface area contributed by atoms with Gasteiger partial charge in [0.1, 0.15) is 5.01 Å². The Balaban J connectivity index is 1.96. The third-order valence-corrected chi connectivity index (χ3v) is 4.77. The van der Waals surface area contributed by atoms with Gasteiger partial charge in [0.2, 0.25) is 5.13 Å². The van der Waals surface area contributed by atoms with Crippen molar-refractivity contribution in [3.05, 3.63) is 49.2 Å². The van der Waals surface area contributed by atoms with Gasteiger partial charge in [0.15, 0.2) is 16.8 Å². The normalized spacial score (nSPS) is 11.2. The summed E-state index contributed by atoms with van der Waals surface area (Å²) in [4.78, 5) is 24.5. The molecule has 0 fully saturated rings. The number of hydrogen-bond acceptors (Lipinski definition) is 6. The molecule has 124 valence electrons. The number of nitrogens with zero attached hydrogens (tertiary/aromatic N) is 2. The van der Waals surface area contributed by atoms with E-state index in [0.29, 0.717) is 10.2 Å². The monoisotopic (exact) mass is 383 g/mol. The summed E-state index contributed by atoms with van der Waals surface area (Å²) in [5.41, 5.74) is -0.301. The smallest absolute Gasteiger partial charge is 0.293 e. The fourth-order valence-electron chi connectivity index (χ4n) is 1.97. The number of fused-ring (bicyclic) bond motifs is 1. The first kappa shape index (κ1) is 16.9. The van der Waals surface area contributed by atoms with E-state index in [0.717, 1.165) is 11.1 Å². The third-order valence-electron chi connectivity index (χ3n) is 3.13. The molecule has 24 heavy (non-hydrogen) atoms. The van der Waals surface area contributed by atoms with Crippen molar-refractivity contribution in [2.45, 2.75) is 19.8 Å². The molecule has 0 atom stereocenters. The molecule has 0 unspecified atom stereocenters. The molecule has 1 aromatic carbocycles. The second-order valence-corrected chi connectivity index (χ2v) is 7.15. The average Bonchev–Trinajstić information content (AvgIpc) is 2.96. The second-order valence-electron chi connectivity index (χ2n) is 5.29. The van der Waals surface area contributed by atoms with Crippen LogP contribution in [0.15, 0.2) is 27.4 Å². The van der Waals surface area contributed by atoms with Crippen LogP contribution >= 0.6 is 34.5 Å². The predicted molar refractivity (Wildman–Crippen MR) is 94.5 cm³/mol. The minimum absolute atomic E-state index is 0.110. The van der Waals surface area contributed by atoms with E-state index in [4.69, 9.17) is 27.6 Å². The lowest BCUT2D eigenvalue weighted by Gasteiger charge is -2.04. The number of hydrogen-bond donors (Lipinski definition) is 1. The molecule has 2 heterocycles. The highest BCUT2D eigenvalue weighted by atomic mass is 35.5. The molecule has 3 aromatic rings. The SMILES string of the molecule is CC(C)c1nnc(NC(=O)c2cc(=O)c3cc(Cl)cc(Cl)c3o2)s1. The number of anilines is 1. The zero-order chi connectivity index (χ0) is 17.4. The third kappa shape index (κ3) is 3.28. The van der Waals surface area contributed by atoms with E-state index in [-0.39, 0.29) is 27.7 Å². The van der Waals surface area contributed by atoms with Crippen LogP contribution in [0.4, 0.5) is 5.13 Å². The molecule has 2 aromatic heterocycles. The largest absolute Gasteiger partial charge is 0.449 e. The van der Waals surface area contributed by atoms with E-state index in [1.54, 1.807) is 0 Å². The first-order chi connectivity index (χ1) is 11.3. The van der Waals surface area contributed by atoms with Crippen molar-refractivity contribution in [2.24, 2.45) is 0 Å². The Morgan fingerprint density at radius 3 is 2.67 bits per heavy atom. The zero-order valence-corrected chi connectivity index (χ0v) is 14.9. The van der Waals surface area contributed by atoms with Crippen molar-refractivity contribution in [3.63, 3.8) is 0 Å². The average molecular weight is 384 g/mol. The molecule has 3 rings (SSSR count). The van der Waals surface area contributed by atoms with Gasteiger partial charge in [-0.1, -0.05) is 48.4 Å². The Hall–Kier alpha value is -1.96. The van der Waals surface area contributed by atoms with Crippen LogP contribution in [0.25, 0.3) is 11.0 Å². The van der Waals surface area contributed by atoms with Crippen LogP contribution < -0.4 is 10.7 Å². The summed E-state index contributed by atoms with van der Waals surface area (Å²) in [6.07, 6.45) is 0. The molecule has 6 nitrogen and oxygen atoms in total. The summed E-state index contributed by atoms with van der Waals surface area (Å²) < 4.78 is 5.47. The highest BCUT2D eigenvalue weighted by Crippen LogP contribution is 2.27. The summed E-state index contributed by atoms with van der Waals surface area (Å²) >= 11 is 13.2. The van der Waals surface area contributed by atoms with Crippen LogP contribution in [0.3, 0.4) is 0 Å². The van der Waals surface area contributed by atoms with Crippen molar-refractivity contribution < 1.29 is 9.21 Å². The molecule has 0 radical (unpaired) electrons. The van der Waals surface area contributed by atoms with Crippen molar-refractivity contribution in [1.29, 1.82) is 0 Å². The number of amides is 1. The van der Waals surface area contributed by atoms with Gasteiger partial charge in [-0.2, -0.15) is 0 Å². The van der Waals surface area contributed by atoms with Crippen molar-refractivity contribution in [2.75, 3.05) is 5.32 Å². The maximum atomic E-state index is 12.3. The van der Waals surface area contributed by atoms with E-state index in [2.05, 4.69) is 15.5 Å². The van der Waals surface area contributed by atoms with Gasteiger partial charge >= 0.3 is 0 Å². The molecular formula is C15H11Cl2N3O3S. The summed E-state index contributed by atoms with van der Waals surface area (Å²) in [6, 6.07) is 3.97. The van der Waals surface area contributed by atoms with Gasteiger partial charge in [-0.3, -0.25) is 14.9 Å². The topological polar surface area (TPSA) is 85.1 Å². The van der Waals surface area contributed by atoms with E-state index in [1.807, 2.05) is 13.8 Å². The molecular weight excluding hydrogens is 373 g/mol. The maximum Gasteiger partial charge on any atom is 0.293 e. The van der Waals surface area contributed by atoms with Gasteiger partial charge in [0.05, 0.1) is 10.4 Å². The molecule has 9 heteroatoms. The highest BCUT2D eigenvalue weighted by Gasteiger charge is 2.17. The van der Waals surface area contributed by atoms with E-state index in [9.17, 15) is 9.59 Å². The quantitative estimate of drug-likeness (QED) is 0.727. The molecule has 0 aliphatic heterocycles. The second kappa shape index (κ2) is 6.51. The van der Waals surface area contributed by atoms with Crippen molar-refractivity contribution >= 4 is 56.5 Å². The molecule has 1 N–H and O–H groups in total. The van der Waals surface area contributed by atoms with Crippen molar-refractivity contribution in [1.82, 2.24) is 10.2 Å². The minimum atomic E-state index is -0.605. The summed E-state index contributed by atoms with van der Waals surface area (Å²) in [5.74, 6) is -0.570. The number of halogens is 2. The number of nitrogens with one attached hydrogen (secondary N) is 1. The molecule has 1 amide bonds. The number of carbonyl (C=O) groups is 1. The lowest BCUT2D eigenvalue weighted by atomic mass is 10.2. The van der Waals surface area contributed by atoms with Gasteiger partial charge in [0, 0.05) is 17.0 Å². The van der Waals surface area contributed by atoms with E-state index >= 15 is 0 Å². The first-order valence-electron chi connectivity index (χ1n) is 6.93. The lowest BCUT2D eigenvalue weighted by molar-refractivity contribution is 0.0997. The number of aromatic nitrogens is 2. The van der Waals surface area contributed by atoms with Crippen molar-refractivity contribution in [3.8, 4) is 0 Å².